The van der Waals surface area contributed by atoms with Crippen LogP contribution in [0.2, 0.25) is 0 Å². The SMILES string of the molecule is CCOCCCNC(=S)NNC(=O)c1cc2n(n1)C(C(F)(F)F)CC(c1ccc(C)c(C)c1)N2. The minimum absolute atomic E-state index is 0.124. The first-order chi connectivity index (χ1) is 16.1. The monoisotopic (exact) mass is 498 g/mol. The van der Waals surface area contributed by atoms with E-state index in [1.807, 2.05) is 39.0 Å². The van der Waals surface area contributed by atoms with Crippen LogP contribution < -0.4 is 21.5 Å². The highest BCUT2D eigenvalue weighted by atomic mass is 32.1. The molecule has 2 aromatic rings. The number of ether oxygens (including phenoxy) is 1. The summed E-state index contributed by atoms with van der Waals surface area (Å²) in [5.74, 6) is -0.579. The molecule has 2 unspecified atom stereocenters. The van der Waals surface area contributed by atoms with E-state index in [1.54, 1.807) is 0 Å². The van der Waals surface area contributed by atoms with Crippen LogP contribution in [0.4, 0.5) is 19.0 Å². The van der Waals surface area contributed by atoms with Gasteiger partial charge < -0.3 is 15.4 Å². The fourth-order valence-corrected chi connectivity index (χ4v) is 3.78. The van der Waals surface area contributed by atoms with Gasteiger partial charge in [0.1, 0.15) is 5.82 Å². The zero-order valence-electron chi connectivity index (χ0n) is 19.3. The Hall–Kier alpha value is -2.86. The summed E-state index contributed by atoms with van der Waals surface area (Å²) < 4.78 is 47.7. The number of halogens is 3. The van der Waals surface area contributed by atoms with Crippen molar-refractivity contribution in [2.75, 3.05) is 25.1 Å². The summed E-state index contributed by atoms with van der Waals surface area (Å²) in [5.41, 5.74) is 7.53. The average molecular weight is 499 g/mol. The molecule has 12 heteroatoms. The lowest BCUT2D eigenvalue weighted by atomic mass is 9.94. The lowest BCUT2D eigenvalue weighted by molar-refractivity contribution is -0.173. The van der Waals surface area contributed by atoms with Crippen molar-refractivity contribution in [2.24, 2.45) is 0 Å². The number of amides is 1. The summed E-state index contributed by atoms with van der Waals surface area (Å²) in [5, 5.41) is 10.1. The predicted octanol–water partition coefficient (Wildman–Crippen LogP) is 3.70. The molecule has 2 atom stereocenters. The number of fused-ring (bicyclic) bond motifs is 1. The fraction of sp³-hybridized carbons (Fsp3) is 0.500. The average Bonchev–Trinajstić information content (AvgIpc) is 3.22. The molecule has 3 rings (SSSR count). The van der Waals surface area contributed by atoms with Gasteiger partial charge in [-0.3, -0.25) is 15.6 Å². The van der Waals surface area contributed by atoms with Crippen LogP contribution in [0.5, 0.6) is 0 Å². The van der Waals surface area contributed by atoms with Crippen molar-refractivity contribution in [3.05, 3.63) is 46.6 Å². The number of hydrogen-bond donors (Lipinski definition) is 4. The second-order valence-corrected chi connectivity index (χ2v) is 8.49. The molecule has 34 heavy (non-hydrogen) atoms. The molecule has 0 fully saturated rings. The quantitative estimate of drug-likeness (QED) is 0.263. The number of aromatic nitrogens is 2. The van der Waals surface area contributed by atoms with Gasteiger partial charge in [-0.1, -0.05) is 18.2 Å². The maximum absolute atomic E-state index is 13.9. The maximum atomic E-state index is 13.9. The van der Waals surface area contributed by atoms with E-state index in [4.69, 9.17) is 17.0 Å². The highest BCUT2D eigenvalue weighted by Crippen LogP contribution is 2.43. The number of thiocarbonyl (C=S) groups is 1. The molecule has 0 radical (unpaired) electrons. The van der Waals surface area contributed by atoms with Gasteiger partial charge in [0.2, 0.25) is 0 Å². The highest BCUT2D eigenvalue weighted by Gasteiger charge is 2.46. The van der Waals surface area contributed by atoms with Gasteiger partial charge in [-0.15, -0.1) is 0 Å². The van der Waals surface area contributed by atoms with Crippen molar-refractivity contribution in [1.82, 2.24) is 25.9 Å². The number of anilines is 1. The van der Waals surface area contributed by atoms with E-state index in [2.05, 4.69) is 26.6 Å². The van der Waals surface area contributed by atoms with Crippen LogP contribution in [0.1, 0.15) is 59.0 Å². The molecule has 4 N–H and O–H groups in total. The van der Waals surface area contributed by atoms with E-state index >= 15 is 0 Å². The summed E-state index contributed by atoms with van der Waals surface area (Å²) in [6.45, 7) is 7.51. The van der Waals surface area contributed by atoms with Crippen molar-refractivity contribution in [3.63, 3.8) is 0 Å². The van der Waals surface area contributed by atoms with Gasteiger partial charge in [0.05, 0.1) is 6.04 Å². The molecule has 1 amide bonds. The molecule has 0 spiro atoms. The van der Waals surface area contributed by atoms with Gasteiger partial charge in [0, 0.05) is 32.2 Å². The van der Waals surface area contributed by atoms with Crippen LogP contribution in [-0.4, -0.2) is 46.7 Å². The van der Waals surface area contributed by atoms with Gasteiger partial charge in [0.25, 0.3) is 5.91 Å². The summed E-state index contributed by atoms with van der Waals surface area (Å²) in [6.07, 6.45) is -4.04. The number of carbonyl (C=O) groups excluding carboxylic acids is 1. The zero-order valence-corrected chi connectivity index (χ0v) is 20.1. The Bertz CT molecular complexity index is 1030. The summed E-state index contributed by atoms with van der Waals surface area (Å²) >= 11 is 5.08. The predicted molar refractivity (Wildman–Crippen MR) is 127 cm³/mol. The zero-order chi connectivity index (χ0) is 24.9. The Labute approximate surface area is 201 Å². The molecule has 1 aromatic heterocycles. The molecular formula is C22H29F3N6O2S. The second kappa shape index (κ2) is 11.0. The minimum Gasteiger partial charge on any atom is -0.382 e. The number of carbonyl (C=O) groups is 1. The Morgan fingerprint density at radius 2 is 2.03 bits per heavy atom. The highest BCUT2D eigenvalue weighted by molar-refractivity contribution is 7.80. The molecule has 186 valence electrons. The number of hydrogen-bond acceptors (Lipinski definition) is 5. The maximum Gasteiger partial charge on any atom is 0.410 e. The normalized spacial score (nSPS) is 17.5. The molecule has 1 aliphatic heterocycles. The molecule has 2 heterocycles. The lowest BCUT2D eigenvalue weighted by Crippen LogP contribution is -2.47. The van der Waals surface area contributed by atoms with E-state index in [0.717, 1.165) is 27.8 Å². The molecular weight excluding hydrogens is 469 g/mol. The van der Waals surface area contributed by atoms with E-state index in [1.165, 1.54) is 6.07 Å². The van der Waals surface area contributed by atoms with Crippen LogP contribution in [0.25, 0.3) is 0 Å². The molecule has 0 bridgehead atoms. The molecule has 0 aliphatic carbocycles. The third kappa shape index (κ3) is 6.38. The summed E-state index contributed by atoms with van der Waals surface area (Å²) in [6, 6.07) is 4.46. The third-order valence-electron chi connectivity index (χ3n) is 5.60. The van der Waals surface area contributed by atoms with Gasteiger partial charge >= 0.3 is 6.18 Å². The molecule has 0 saturated carbocycles. The molecule has 1 aliphatic rings. The standard InChI is InChI=1S/C22H29F3N6O2S/c1-4-33-9-5-8-26-21(34)29-28-20(32)17-12-19-27-16(15-7-6-13(2)14(3)10-15)11-18(22(23,24)25)31(19)30-17/h6-7,10,12,16,18,27H,4-5,8-9,11H2,1-3H3,(H,28,32)(H2,26,29,34). The van der Waals surface area contributed by atoms with E-state index in [0.29, 0.717) is 19.8 Å². The van der Waals surface area contributed by atoms with Crippen LogP contribution in [-0.2, 0) is 4.74 Å². The van der Waals surface area contributed by atoms with Crippen molar-refractivity contribution < 1.29 is 22.7 Å². The van der Waals surface area contributed by atoms with Crippen molar-refractivity contribution in [1.29, 1.82) is 0 Å². The Morgan fingerprint density at radius 3 is 2.71 bits per heavy atom. The Kier molecular flexibility index (Phi) is 8.37. The van der Waals surface area contributed by atoms with E-state index < -0.39 is 24.2 Å². The Morgan fingerprint density at radius 1 is 1.26 bits per heavy atom. The first kappa shape index (κ1) is 25.8. The van der Waals surface area contributed by atoms with Crippen LogP contribution in [0.15, 0.2) is 24.3 Å². The fourth-order valence-electron chi connectivity index (χ4n) is 3.63. The first-order valence-corrected chi connectivity index (χ1v) is 11.4. The van der Waals surface area contributed by atoms with E-state index in [9.17, 15) is 18.0 Å². The van der Waals surface area contributed by atoms with Crippen LogP contribution >= 0.6 is 12.2 Å². The van der Waals surface area contributed by atoms with Gasteiger partial charge in [-0.05, 0) is 56.1 Å². The van der Waals surface area contributed by atoms with Gasteiger partial charge in [-0.2, -0.15) is 18.3 Å². The minimum atomic E-state index is -4.53. The van der Waals surface area contributed by atoms with Gasteiger partial charge in [0.15, 0.2) is 16.8 Å². The molecule has 8 nitrogen and oxygen atoms in total. The largest absolute Gasteiger partial charge is 0.410 e. The third-order valence-corrected chi connectivity index (χ3v) is 5.85. The molecule has 1 aromatic carbocycles. The number of rotatable bonds is 7. The first-order valence-electron chi connectivity index (χ1n) is 11.0. The number of nitrogens with one attached hydrogen (secondary N) is 4. The van der Waals surface area contributed by atoms with Crippen molar-refractivity contribution >= 4 is 29.1 Å². The second-order valence-electron chi connectivity index (χ2n) is 8.08. The van der Waals surface area contributed by atoms with Crippen molar-refractivity contribution in [3.8, 4) is 0 Å². The number of nitrogens with zero attached hydrogens (tertiary/aromatic N) is 2. The summed E-state index contributed by atoms with van der Waals surface area (Å²) in [7, 11) is 0. The summed E-state index contributed by atoms with van der Waals surface area (Å²) in [4.78, 5) is 12.5. The number of hydrazine groups is 1. The van der Waals surface area contributed by atoms with Crippen LogP contribution in [0.3, 0.4) is 0 Å². The van der Waals surface area contributed by atoms with E-state index in [-0.39, 0.29) is 23.0 Å². The number of benzene rings is 1. The lowest BCUT2D eigenvalue weighted by Gasteiger charge is -2.33. The topological polar surface area (TPSA) is 92.2 Å². The Balaban J connectivity index is 1.69. The molecule has 0 saturated heterocycles. The number of alkyl halides is 3. The number of aryl methyl sites for hydroxylation is 2. The van der Waals surface area contributed by atoms with Gasteiger partial charge in [-0.25, -0.2) is 4.68 Å². The van der Waals surface area contributed by atoms with Crippen molar-refractivity contribution in [2.45, 2.75) is 51.9 Å². The van der Waals surface area contributed by atoms with Crippen LogP contribution in [0, 0.1) is 13.8 Å². The smallest absolute Gasteiger partial charge is 0.382 e.